The van der Waals surface area contributed by atoms with Gasteiger partial charge < -0.3 is 10.6 Å². The van der Waals surface area contributed by atoms with Crippen LogP contribution in [0.4, 0.5) is 5.69 Å². The van der Waals surface area contributed by atoms with E-state index in [0.717, 1.165) is 48.4 Å². The molecule has 0 saturated heterocycles. The van der Waals surface area contributed by atoms with E-state index < -0.39 is 0 Å². The number of carbonyl (C=O) groups is 1. The van der Waals surface area contributed by atoms with Crippen LogP contribution in [0.2, 0.25) is 0 Å². The minimum atomic E-state index is -0.0244. The van der Waals surface area contributed by atoms with Gasteiger partial charge in [0.25, 0.3) is 5.91 Å². The maximum absolute atomic E-state index is 12.5. The van der Waals surface area contributed by atoms with E-state index in [1.165, 1.54) is 11.3 Å². The summed E-state index contributed by atoms with van der Waals surface area (Å²) in [6.45, 7) is 2.69. The number of thiophene rings is 1. The number of terminal acetylenes is 1. The van der Waals surface area contributed by atoms with Crippen LogP contribution in [0.5, 0.6) is 0 Å². The first-order valence-corrected chi connectivity index (χ1v) is 9.79. The topological polar surface area (TPSA) is 66.9 Å². The Morgan fingerprint density at radius 2 is 2.14 bits per heavy atom. The third-order valence-corrected chi connectivity index (χ3v) is 6.05. The molecule has 0 saturated carbocycles. The normalized spacial score (nSPS) is 16.1. The largest absolute Gasteiger partial charge is 0.381 e. The Morgan fingerprint density at radius 1 is 1.25 bits per heavy atom. The van der Waals surface area contributed by atoms with Crippen molar-refractivity contribution in [3.05, 3.63) is 53.2 Å². The number of hydrogen-bond acceptors (Lipinski definition) is 5. The molecule has 0 spiro atoms. The lowest BCUT2D eigenvalue weighted by Crippen LogP contribution is -2.34. The van der Waals surface area contributed by atoms with Crippen molar-refractivity contribution < 1.29 is 4.79 Å². The van der Waals surface area contributed by atoms with Crippen molar-refractivity contribution >= 4 is 43.9 Å². The summed E-state index contributed by atoms with van der Waals surface area (Å²) in [6, 6.07) is 10.0. The summed E-state index contributed by atoms with van der Waals surface area (Å²) in [7, 11) is 0. The van der Waals surface area contributed by atoms with Crippen LogP contribution in [-0.4, -0.2) is 28.5 Å². The van der Waals surface area contributed by atoms with Crippen LogP contribution in [0.1, 0.15) is 22.2 Å². The number of rotatable bonds is 1. The molecule has 1 aliphatic rings. The Hall–Kier alpha value is -3.43. The Balaban J connectivity index is 1.71. The van der Waals surface area contributed by atoms with E-state index in [2.05, 4.69) is 27.6 Å². The molecule has 5 nitrogen and oxygen atoms in total. The van der Waals surface area contributed by atoms with Gasteiger partial charge in [0, 0.05) is 51.6 Å². The fraction of sp³-hybridized carbons (Fsp3) is 0.136. The second kappa shape index (κ2) is 6.32. The Labute approximate surface area is 165 Å². The van der Waals surface area contributed by atoms with Crippen molar-refractivity contribution in [1.29, 1.82) is 0 Å². The number of hydrogen-bond donors (Lipinski definition) is 2. The molecule has 3 aromatic heterocycles. The molecule has 4 heterocycles. The lowest BCUT2D eigenvalue weighted by atomic mass is 10.1. The standard InChI is InChI=1S/C22H16N4OS/c1-3-13-8-14(11-23-10-13)16-5-4-15-17(26-16)6-7-18-19(15)20-21(28-18)22(27)25-12(2)9-24-20/h1,4-8,10-12,24H,9H2,2H3,(H,25,27)/t12-/m1/s1. The van der Waals surface area contributed by atoms with Gasteiger partial charge in [0.15, 0.2) is 0 Å². The molecule has 1 atom stereocenters. The molecule has 2 N–H and O–H groups in total. The number of pyridine rings is 2. The van der Waals surface area contributed by atoms with Gasteiger partial charge in [-0.1, -0.05) is 5.92 Å². The molecule has 0 radical (unpaired) electrons. The summed E-state index contributed by atoms with van der Waals surface area (Å²) in [5, 5.41) is 8.54. The summed E-state index contributed by atoms with van der Waals surface area (Å²) in [6.07, 6.45) is 8.91. The predicted octanol–water partition coefficient (Wildman–Crippen LogP) is 4.04. The Kier molecular flexibility index (Phi) is 3.78. The number of nitrogens with one attached hydrogen (secondary N) is 2. The number of benzene rings is 1. The minimum Gasteiger partial charge on any atom is -0.381 e. The van der Waals surface area contributed by atoms with Gasteiger partial charge in [0.05, 0.1) is 16.9 Å². The van der Waals surface area contributed by atoms with Crippen LogP contribution in [0.15, 0.2) is 42.7 Å². The minimum absolute atomic E-state index is 0.0244. The summed E-state index contributed by atoms with van der Waals surface area (Å²) in [5.41, 5.74) is 4.20. The van der Waals surface area contributed by atoms with E-state index in [-0.39, 0.29) is 11.9 Å². The number of aromatic nitrogens is 2. The molecule has 0 unspecified atom stereocenters. The maximum atomic E-state index is 12.5. The second-order valence-electron chi connectivity index (χ2n) is 6.87. The van der Waals surface area contributed by atoms with Gasteiger partial charge in [-0.05, 0) is 37.3 Å². The molecular formula is C22H16N4OS. The number of fused-ring (bicyclic) bond motifs is 5. The average molecular weight is 384 g/mol. The van der Waals surface area contributed by atoms with Crippen LogP contribution in [0.3, 0.4) is 0 Å². The lowest BCUT2D eigenvalue weighted by molar-refractivity contribution is 0.0949. The molecule has 4 aromatic rings. The quantitative estimate of drug-likeness (QED) is 0.486. The van der Waals surface area contributed by atoms with Crippen LogP contribution in [-0.2, 0) is 0 Å². The molecule has 136 valence electrons. The van der Waals surface area contributed by atoms with Crippen molar-refractivity contribution in [3.8, 4) is 23.6 Å². The number of nitrogens with zero attached hydrogens (tertiary/aromatic N) is 2. The van der Waals surface area contributed by atoms with E-state index in [1.807, 2.05) is 31.2 Å². The highest BCUT2D eigenvalue weighted by molar-refractivity contribution is 7.21. The fourth-order valence-electron chi connectivity index (χ4n) is 3.55. The van der Waals surface area contributed by atoms with Crippen molar-refractivity contribution in [3.63, 3.8) is 0 Å². The molecule has 1 aromatic carbocycles. The van der Waals surface area contributed by atoms with E-state index in [4.69, 9.17) is 11.4 Å². The summed E-state index contributed by atoms with van der Waals surface area (Å²) in [4.78, 5) is 22.3. The first-order chi connectivity index (χ1) is 13.6. The van der Waals surface area contributed by atoms with E-state index in [0.29, 0.717) is 6.54 Å². The zero-order valence-corrected chi connectivity index (χ0v) is 15.9. The molecule has 1 aliphatic heterocycles. The third kappa shape index (κ3) is 2.60. The Bertz CT molecular complexity index is 1300. The van der Waals surface area contributed by atoms with Crippen LogP contribution in [0.25, 0.3) is 32.2 Å². The maximum Gasteiger partial charge on any atom is 0.263 e. The van der Waals surface area contributed by atoms with Gasteiger partial charge in [-0.3, -0.25) is 9.78 Å². The summed E-state index contributed by atoms with van der Waals surface area (Å²) >= 11 is 1.51. The smallest absolute Gasteiger partial charge is 0.263 e. The first-order valence-electron chi connectivity index (χ1n) is 8.97. The highest BCUT2D eigenvalue weighted by Gasteiger charge is 2.24. The van der Waals surface area contributed by atoms with E-state index in [9.17, 15) is 4.79 Å². The van der Waals surface area contributed by atoms with Crippen LogP contribution in [0, 0.1) is 12.3 Å². The zero-order chi connectivity index (χ0) is 19.3. The van der Waals surface area contributed by atoms with Gasteiger partial charge in [0.2, 0.25) is 0 Å². The van der Waals surface area contributed by atoms with Gasteiger partial charge in [0.1, 0.15) is 4.88 Å². The molecule has 1 amide bonds. The lowest BCUT2D eigenvalue weighted by Gasteiger charge is -2.10. The summed E-state index contributed by atoms with van der Waals surface area (Å²) < 4.78 is 1.07. The van der Waals surface area contributed by atoms with Crippen molar-refractivity contribution in [2.45, 2.75) is 13.0 Å². The van der Waals surface area contributed by atoms with E-state index >= 15 is 0 Å². The Morgan fingerprint density at radius 3 is 3.00 bits per heavy atom. The third-order valence-electron chi connectivity index (χ3n) is 4.89. The highest BCUT2D eigenvalue weighted by atomic mass is 32.1. The van der Waals surface area contributed by atoms with Gasteiger partial charge in [-0.15, -0.1) is 17.8 Å². The molecule has 0 bridgehead atoms. The van der Waals surface area contributed by atoms with Crippen molar-refractivity contribution in [2.24, 2.45) is 0 Å². The predicted molar refractivity (Wildman–Crippen MR) is 114 cm³/mol. The number of anilines is 1. The molecule has 0 aliphatic carbocycles. The van der Waals surface area contributed by atoms with Crippen LogP contribution < -0.4 is 10.6 Å². The monoisotopic (exact) mass is 384 g/mol. The van der Waals surface area contributed by atoms with Gasteiger partial charge in [-0.2, -0.15) is 0 Å². The number of carbonyl (C=O) groups excluding carboxylic acids is 1. The molecule has 0 fully saturated rings. The fourth-order valence-corrected chi connectivity index (χ4v) is 4.64. The first kappa shape index (κ1) is 16.7. The second-order valence-corrected chi connectivity index (χ2v) is 7.92. The molecular weight excluding hydrogens is 368 g/mol. The van der Waals surface area contributed by atoms with Gasteiger partial charge >= 0.3 is 0 Å². The number of amides is 1. The molecule has 28 heavy (non-hydrogen) atoms. The van der Waals surface area contributed by atoms with Crippen LogP contribution >= 0.6 is 11.3 Å². The summed E-state index contributed by atoms with van der Waals surface area (Å²) in [5.74, 6) is 2.58. The van der Waals surface area contributed by atoms with E-state index in [1.54, 1.807) is 12.4 Å². The average Bonchev–Trinajstić information content (AvgIpc) is 3.04. The van der Waals surface area contributed by atoms with Crippen molar-refractivity contribution in [2.75, 3.05) is 11.9 Å². The SMILES string of the molecule is C#Cc1cncc(-c2ccc3c(ccc4sc5c(c43)NC[C@@H](C)NC5=O)n2)c1. The van der Waals surface area contributed by atoms with Crippen molar-refractivity contribution in [1.82, 2.24) is 15.3 Å². The van der Waals surface area contributed by atoms with Gasteiger partial charge in [-0.25, -0.2) is 4.98 Å². The molecule has 5 rings (SSSR count). The molecule has 6 heteroatoms. The highest BCUT2D eigenvalue weighted by Crippen LogP contribution is 2.41. The zero-order valence-electron chi connectivity index (χ0n) is 15.1.